The molecule has 0 aliphatic heterocycles. The van der Waals surface area contributed by atoms with E-state index in [9.17, 15) is 0 Å². The predicted octanol–water partition coefficient (Wildman–Crippen LogP) is 17.3. The van der Waals surface area contributed by atoms with Crippen molar-refractivity contribution in [3.05, 3.63) is 211 Å². The van der Waals surface area contributed by atoms with Crippen LogP contribution in [0.3, 0.4) is 0 Å². The summed E-state index contributed by atoms with van der Waals surface area (Å²) < 4.78 is 2.61. The Balaban J connectivity index is 1.22. The minimum absolute atomic E-state index is 0.0847. The molecule has 0 saturated heterocycles. The first-order chi connectivity index (χ1) is 29.6. The van der Waals surface area contributed by atoms with Gasteiger partial charge in [0.15, 0.2) is 0 Å². The smallest absolute Gasteiger partial charge is 0.0547 e. The van der Waals surface area contributed by atoms with Crippen molar-refractivity contribution >= 4 is 59.3 Å². The van der Waals surface area contributed by atoms with Crippen molar-refractivity contribution in [3.8, 4) is 44.5 Å². The number of fused-ring (bicyclic) bond motifs is 7. The van der Waals surface area contributed by atoms with Crippen LogP contribution in [-0.2, 0) is 10.8 Å². The van der Waals surface area contributed by atoms with Gasteiger partial charge in [-0.15, -0.1) is 11.3 Å². The van der Waals surface area contributed by atoms with E-state index in [-0.39, 0.29) is 10.8 Å². The molecule has 0 unspecified atom stereocenters. The Labute approximate surface area is 363 Å². The maximum Gasteiger partial charge on any atom is 0.0547 e. The highest BCUT2D eigenvalue weighted by Gasteiger charge is 2.36. The fourth-order valence-corrected chi connectivity index (χ4v) is 11.1. The van der Waals surface area contributed by atoms with Crippen LogP contribution in [0.5, 0.6) is 0 Å². The minimum atomic E-state index is -0.0976. The highest BCUT2D eigenvalue weighted by Crippen LogP contribution is 2.54. The largest absolute Gasteiger partial charge is 0.309 e. The Morgan fingerprint density at radius 3 is 1.92 bits per heavy atom. The summed E-state index contributed by atoms with van der Waals surface area (Å²) in [5.41, 5.74) is 17.3. The summed E-state index contributed by atoms with van der Waals surface area (Å²) in [5.74, 6) is 0. The van der Waals surface area contributed by atoms with Crippen molar-refractivity contribution in [1.82, 2.24) is 0 Å². The van der Waals surface area contributed by atoms with Crippen LogP contribution in [0.25, 0.3) is 75.5 Å². The zero-order valence-electron chi connectivity index (χ0n) is 35.3. The van der Waals surface area contributed by atoms with Crippen LogP contribution < -0.4 is 4.90 Å². The van der Waals surface area contributed by atoms with E-state index in [1.165, 1.54) is 92.1 Å². The second kappa shape index (κ2) is 14.2. The van der Waals surface area contributed by atoms with Gasteiger partial charge in [-0.05, 0) is 97.1 Å². The Hall–Kier alpha value is -6.74. The van der Waals surface area contributed by atoms with Crippen molar-refractivity contribution < 1.29 is 0 Å². The summed E-state index contributed by atoms with van der Waals surface area (Å²) >= 11 is 1.90. The van der Waals surface area contributed by atoms with Gasteiger partial charge in [-0.1, -0.05) is 192 Å². The third-order valence-electron chi connectivity index (χ3n) is 13.1. The number of hydrogen-bond donors (Lipinski definition) is 0. The van der Waals surface area contributed by atoms with Gasteiger partial charge in [0.25, 0.3) is 0 Å². The number of benzene rings is 9. The van der Waals surface area contributed by atoms with Crippen molar-refractivity contribution in [3.63, 3.8) is 0 Å². The number of thiophene rings is 1. The average molecular weight is 802 g/mol. The lowest BCUT2D eigenvalue weighted by molar-refractivity contribution is 0.590. The number of hydrogen-bond acceptors (Lipinski definition) is 2. The maximum absolute atomic E-state index is 2.55. The molecule has 1 aliphatic rings. The fourth-order valence-electron chi connectivity index (χ4n) is 9.85. The molecule has 1 heterocycles. The summed E-state index contributed by atoms with van der Waals surface area (Å²) in [6, 6.07) is 72.6. The second-order valence-electron chi connectivity index (χ2n) is 18.1. The third-order valence-corrected chi connectivity index (χ3v) is 14.3. The number of nitrogens with zero attached hydrogens (tertiary/aromatic N) is 1. The molecule has 0 atom stereocenters. The van der Waals surface area contributed by atoms with Gasteiger partial charge in [-0.3, -0.25) is 0 Å². The molecule has 10 aromatic rings. The number of rotatable bonds is 6. The zero-order valence-corrected chi connectivity index (χ0v) is 36.1. The normalized spacial score (nSPS) is 13.1. The van der Waals surface area contributed by atoms with E-state index in [1.807, 2.05) is 11.3 Å². The van der Waals surface area contributed by atoms with Gasteiger partial charge in [0, 0.05) is 48.0 Å². The number of anilines is 3. The van der Waals surface area contributed by atoms with E-state index in [1.54, 1.807) is 0 Å². The third kappa shape index (κ3) is 6.12. The van der Waals surface area contributed by atoms with Gasteiger partial charge in [-0.25, -0.2) is 0 Å². The maximum atomic E-state index is 2.55. The van der Waals surface area contributed by atoms with Gasteiger partial charge < -0.3 is 4.90 Å². The monoisotopic (exact) mass is 801 g/mol. The van der Waals surface area contributed by atoms with Gasteiger partial charge >= 0.3 is 0 Å². The minimum Gasteiger partial charge on any atom is -0.309 e. The molecule has 9 aromatic carbocycles. The predicted molar refractivity (Wildman–Crippen MR) is 264 cm³/mol. The Morgan fingerprint density at radius 2 is 1.10 bits per heavy atom. The molecule has 0 saturated carbocycles. The quantitative estimate of drug-likeness (QED) is 0.162. The van der Waals surface area contributed by atoms with Gasteiger partial charge in [0.05, 0.1) is 11.4 Å². The molecule has 0 amide bonds. The Kier molecular flexibility index (Phi) is 8.67. The molecule has 0 fully saturated rings. The van der Waals surface area contributed by atoms with Gasteiger partial charge in [0.1, 0.15) is 0 Å². The molecular formula is C59H47NS. The van der Waals surface area contributed by atoms with Crippen molar-refractivity contribution in [2.24, 2.45) is 0 Å². The fraction of sp³-hybridized carbons (Fsp3) is 0.119. The van der Waals surface area contributed by atoms with Gasteiger partial charge in [-0.2, -0.15) is 0 Å². The lowest BCUT2D eigenvalue weighted by atomic mass is 9.82. The van der Waals surface area contributed by atoms with Crippen molar-refractivity contribution in [1.29, 1.82) is 0 Å². The van der Waals surface area contributed by atoms with Crippen LogP contribution in [0.2, 0.25) is 0 Å². The van der Waals surface area contributed by atoms with Crippen LogP contribution in [0, 0.1) is 0 Å². The standard InChI is InChI=1S/C59H47NS/c1-58(2,3)42-30-26-38(27-31-42)41-29-34-53(49(36-41)39-16-7-6-8-17-39)60(43-32-33-52-50(37-43)45-20-11-13-24-51(45)59(52,4)5)54-35-28-40-18-9-10-19-44(40)56(54)48-23-15-22-47-46-21-12-14-25-55(46)61-57(47)48/h6-37H,1-5H3. The van der Waals surface area contributed by atoms with Crippen LogP contribution in [0.4, 0.5) is 17.1 Å². The molecule has 0 radical (unpaired) electrons. The van der Waals surface area contributed by atoms with E-state index in [4.69, 9.17) is 0 Å². The molecule has 2 heteroatoms. The molecule has 1 nitrogen and oxygen atoms in total. The lowest BCUT2D eigenvalue weighted by Gasteiger charge is -2.32. The van der Waals surface area contributed by atoms with Crippen LogP contribution in [0.1, 0.15) is 51.3 Å². The molecule has 11 rings (SSSR count). The van der Waals surface area contributed by atoms with Crippen molar-refractivity contribution in [2.75, 3.05) is 4.90 Å². The summed E-state index contributed by atoms with van der Waals surface area (Å²) in [6.45, 7) is 11.6. The molecule has 0 N–H and O–H groups in total. The molecule has 0 bridgehead atoms. The molecule has 294 valence electrons. The lowest BCUT2D eigenvalue weighted by Crippen LogP contribution is -2.16. The Morgan fingerprint density at radius 1 is 0.443 bits per heavy atom. The molecule has 61 heavy (non-hydrogen) atoms. The summed E-state index contributed by atoms with van der Waals surface area (Å²) in [4.78, 5) is 2.55. The molecule has 1 aromatic heterocycles. The molecule has 0 spiro atoms. The van der Waals surface area contributed by atoms with Crippen LogP contribution in [0.15, 0.2) is 194 Å². The van der Waals surface area contributed by atoms with E-state index in [0.717, 1.165) is 17.1 Å². The first kappa shape index (κ1) is 37.3. The van der Waals surface area contributed by atoms with E-state index in [0.29, 0.717) is 0 Å². The summed E-state index contributed by atoms with van der Waals surface area (Å²) in [6.07, 6.45) is 0. The molecular weight excluding hydrogens is 755 g/mol. The van der Waals surface area contributed by atoms with E-state index < -0.39 is 0 Å². The van der Waals surface area contributed by atoms with E-state index in [2.05, 4.69) is 234 Å². The SMILES string of the molecule is CC(C)(C)c1ccc(-c2ccc(N(c3ccc4c(c3)-c3ccccc3C4(C)C)c3ccc4ccccc4c3-c3cccc4c3sc3ccccc34)c(-c3ccccc3)c2)cc1. The highest BCUT2D eigenvalue weighted by molar-refractivity contribution is 7.26. The first-order valence-corrected chi connectivity index (χ1v) is 22.2. The zero-order chi connectivity index (χ0) is 41.5. The first-order valence-electron chi connectivity index (χ1n) is 21.4. The van der Waals surface area contributed by atoms with E-state index >= 15 is 0 Å². The van der Waals surface area contributed by atoms with Gasteiger partial charge in [0.2, 0.25) is 0 Å². The Bertz CT molecular complexity index is 3310. The van der Waals surface area contributed by atoms with Crippen molar-refractivity contribution in [2.45, 2.75) is 45.4 Å². The van der Waals surface area contributed by atoms with Crippen LogP contribution >= 0.6 is 11.3 Å². The topological polar surface area (TPSA) is 3.24 Å². The summed E-state index contributed by atoms with van der Waals surface area (Å²) in [7, 11) is 0. The van der Waals surface area contributed by atoms with Crippen LogP contribution in [-0.4, -0.2) is 0 Å². The second-order valence-corrected chi connectivity index (χ2v) is 19.2. The molecule has 1 aliphatic carbocycles. The summed E-state index contributed by atoms with van der Waals surface area (Å²) in [5, 5.41) is 5.06. The average Bonchev–Trinajstić information content (AvgIpc) is 3.78. The highest BCUT2D eigenvalue weighted by atomic mass is 32.1.